The average molecular weight is 474 g/mol. The fourth-order valence-electron chi connectivity index (χ4n) is 3.56. The number of rotatable bonds is 8. The first-order valence-corrected chi connectivity index (χ1v) is 10.8. The molecule has 0 amide bonds. The van der Waals surface area contributed by atoms with Crippen molar-refractivity contribution in [2.45, 2.75) is 13.0 Å². The average Bonchev–Trinajstić information content (AvgIpc) is 3.25. The highest BCUT2D eigenvalue weighted by Gasteiger charge is 2.15. The van der Waals surface area contributed by atoms with E-state index in [0.29, 0.717) is 52.0 Å². The lowest BCUT2D eigenvalue weighted by Crippen LogP contribution is -2.02. The van der Waals surface area contributed by atoms with Crippen LogP contribution in [0, 0.1) is 17.1 Å². The molecule has 5 nitrogen and oxygen atoms in total. The molecule has 0 fully saturated rings. The number of halogens is 2. The third-order valence-corrected chi connectivity index (χ3v) is 5.42. The van der Waals surface area contributed by atoms with Crippen molar-refractivity contribution in [3.63, 3.8) is 0 Å². The molecule has 0 radical (unpaired) electrons. The zero-order chi connectivity index (χ0) is 24.1. The summed E-state index contributed by atoms with van der Waals surface area (Å²) in [7, 11) is 1.56. The van der Waals surface area contributed by atoms with Crippen molar-refractivity contribution >= 4 is 34.3 Å². The number of nitriles is 1. The van der Waals surface area contributed by atoms with E-state index in [0.717, 1.165) is 16.7 Å². The van der Waals surface area contributed by atoms with Gasteiger partial charge >= 0.3 is 0 Å². The summed E-state index contributed by atoms with van der Waals surface area (Å²) in [5, 5.41) is 10.4. The third kappa shape index (κ3) is 5.11. The molecular weight excluding hydrogens is 453 g/mol. The molecule has 0 saturated carbocycles. The first-order valence-electron chi connectivity index (χ1n) is 10.5. The minimum absolute atomic E-state index is 0.304. The van der Waals surface area contributed by atoms with Crippen LogP contribution < -0.4 is 9.47 Å². The Labute approximate surface area is 201 Å². The molecule has 7 heteroatoms. The fraction of sp³-hybridized carbons (Fsp3) is 0.111. The smallest absolute Gasteiger partial charge is 0.165 e. The van der Waals surface area contributed by atoms with Crippen molar-refractivity contribution in [3.8, 4) is 17.6 Å². The molecule has 0 aliphatic rings. The van der Waals surface area contributed by atoms with Crippen molar-refractivity contribution in [2.24, 2.45) is 0 Å². The maximum absolute atomic E-state index is 13.5. The highest BCUT2D eigenvalue weighted by molar-refractivity contribution is 6.30. The van der Waals surface area contributed by atoms with Gasteiger partial charge in [0.25, 0.3) is 0 Å². The third-order valence-electron chi connectivity index (χ3n) is 5.17. The number of benzene rings is 3. The van der Waals surface area contributed by atoms with E-state index in [4.69, 9.17) is 21.1 Å². The summed E-state index contributed by atoms with van der Waals surface area (Å²) in [5.41, 5.74) is 3.96. The van der Waals surface area contributed by atoms with Gasteiger partial charge in [0.2, 0.25) is 0 Å². The lowest BCUT2D eigenvalue weighted by Gasteiger charge is -2.16. The predicted molar refractivity (Wildman–Crippen MR) is 132 cm³/mol. The maximum atomic E-state index is 13.5. The zero-order valence-electron chi connectivity index (χ0n) is 18.4. The topological polar surface area (TPSA) is 70.9 Å². The van der Waals surface area contributed by atoms with Crippen LogP contribution in [0.25, 0.3) is 22.7 Å². The molecule has 0 aliphatic heterocycles. The van der Waals surface area contributed by atoms with Gasteiger partial charge in [0, 0.05) is 10.6 Å². The van der Waals surface area contributed by atoms with Crippen LogP contribution in [0.4, 0.5) is 4.39 Å². The number of aromatic nitrogens is 2. The molecule has 1 heterocycles. The van der Waals surface area contributed by atoms with Gasteiger partial charge in [-0.2, -0.15) is 5.26 Å². The molecule has 4 aromatic rings. The van der Waals surface area contributed by atoms with E-state index in [-0.39, 0.29) is 5.82 Å². The van der Waals surface area contributed by atoms with E-state index >= 15 is 0 Å². The van der Waals surface area contributed by atoms with Crippen LogP contribution in [0.1, 0.15) is 22.5 Å². The number of hydrogen-bond acceptors (Lipinski definition) is 4. The molecular formula is C27H21ClFN3O2. The summed E-state index contributed by atoms with van der Waals surface area (Å²) in [6.45, 7) is 4.18. The SMILES string of the molecule is C=CCc1cc(/C=C(/C#N)c2nc3ccc(F)cc3[nH]2)cc(OC)c1OCc1ccc(Cl)cc1. The van der Waals surface area contributed by atoms with Gasteiger partial charge in [0.1, 0.15) is 24.3 Å². The first kappa shape index (κ1) is 23.1. The second-order valence-corrected chi connectivity index (χ2v) is 7.97. The van der Waals surface area contributed by atoms with Crippen molar-refractivity contribution in [1.29, 1.82) is 5.26 Å². The van der Waals surface area contributed by atoms with Gasteiger partial charge in [-0.15, -0.1) is 6.58 Å². The molecule has 170 valence electrons. The Balaban J connectivity index is 1.69. The van der Waals surface area contributed by atoms with E-state index in [1.165, 1.54) is 12.1 Å². The number of methoxy groups -OCH3 is 1. The van der Waals surface area contributed by atoms with Gasteiger partial charge < -0.3 is 14.5 Å². The van der Waals surface area contributed by atoms with E-state index < -0.39 is 0 Å². The second-order valence-electron chi connectivity index (χ2n) is 7.54. The number of hydrogen-bond donors (Lipinski definition) is 1. The summed E-state index contributed by atoms with van der Waals surface area (Å²) in [5.74, 6) is 1.12. The zero-order valence-corrected chi connectivity index (χ0v) is 19.2. The molecule has 0 bridgehead atoms. The molecule has 0 spiro atoms. The van der Waals surface area contributed by atoms with Crippen molar-refractivity contribution in [3.05, 3.63) is 101 Å². The number of ether oxygens (including phenoxy) is 2. The van der Waals surface area contributed by atoms with Crippen LogP contribution in [-0.2, 0) is 13.0 Å². The molecule has 0 unspecified atom stereocenters. The summed E-state index contributed by atoms with van der Waals surface area (Å²) in [6, 6.07) is 17.5. The normalized spacial score (nSPS) is 11.3. The Hall–Kier alpha value is -4.08. The number of nitrogens with zero attached hydrogens (tertiary/aromatic N) is 2. The Morgan fingerprint density at radius 3 is 2.71 bits per heavy atom. The lowest BCUT2D eigenvalue weighted by atomic mass is 10.0. The summed E-state index contributed by atoms with van der Waals surface area (Å²) < 4.78 is 25.2. The Morgan fingerprint density at radius 2 is 2.00 bits per heavy atom. The Kier molecular flexibility index (Phi) is 6.95. The van der Waals surface area contributed by atoms with Crippen LogP contribution in [0.5, 0.6) is 11.5 Å². The van der Waals surface area contributed by atoms with Gasteiger partial charge in [0.15, 0.2) is 11.5 Å². The van der Waals surface area contributed by atoms with Gasteiger partial charge in [-0.3, -0.25) is 0 Å². The van der Waals surface area contributed by atoms with Gasteiger partial charge in [0.05, 0.1) is 23.7 Å². The van der Waals surface area contributed by atoms with Crippen LogP contribution >= 0.6 is 11.6 Å². The minimum atomic E-state index is -0.377. The minimum Gasteiger partial charge on any atom is -0.493 e. The maximum Gasteiger partial charge on any atom is 0.165 e. The number of H-pyrrole nitrogens is 1. The standard InChI is InChI=1S/C27H21ClFN3O2/c1-3-4-19-11-18(12-20(15-30)27-31-23-10-9-22(29)14-24(23)32-27)13-25(33-2)26(19)34-16-17-5-7-21(28)8-6-17/h3,5-14H,1,4,16H2,2H3,(H,31,32)/b20-12-. The number of imidazole rings is 1. The largest absolute Gasteiger partial charge is 0.493 e. The van der Waals surface area contributed by atoms with Crippen molar-refractivity contribution < 1.29 is 13.9 Å². The highest BCUT2D eigenvalue weighted by Crippen LogP contribution is 2.35. The van der Waals surface area contributed by atoms with Crippen LogP contribution in [-0.4, -0.2) is 17.1 Å². The molecule has 1 N–H and O–H groups in total. The van der Waals surface area contributed by atoms with Crippen LogP contribution in [0.2, 0.25) is 5.02 Å². The van der Waals surface area contributed by atoms with Gasteiger partial charge in [-0.1, -0.05) is 29.8 Å². The van der Waals surface area contributed by atoms with Crippen molar-refractivity contribution in [1.82, 2.24) is 9.97 Å². The fourth-order valence-corrected chi connectivity index (χ4v) is 3.68. The number of nitrogens with one attached hydrogen (secondary N) is 1. The Bertz CT molecular complexity index is 1420. The van der Waals surface area contributed by atoms with E-state index in [9.17, 15) is 9.65 Å². The van der Waals surface area contributed by atoms with E-state index in [1.54, 1.807) is 31.4 Å². The highest BCUT2D eigenvalue weighted by atomic mass is 35.5. The quantitative estimate of drug-likeness (QED) is 0.227. The summed E-state index contributed by atoms with van der Waals surface area (Å²) >= 11 is 5.96. The molecule has 1 aromatic heterocycles. The first-order chi connectivity index (χ1) is 16.5. The molecule has 0 saturated heterocycles. The molecule has 34 heavy (non-hydrogen) atoms. The predicted octanol–water partition coefficient (Wildman–Crippen LogP) is 6.74. The van der Waals surface area contributed by atoms with Crippen LogP contribution in [0.3, 0.4) is 0 Å². The Morgan fingerprint density at radius 1 is 1.21 bits per heavy atom. The lowest BCUT2D eigenvalue weighted by molar-refractivity contribution is 0.282. The number of aromatic amines is 1. The van der Waals surface area contributed by atoms with Crippen molar-refractivity contribution in [2.75, 3.05) is 7.11 Å². The summed E-state index contributed by atoms with van der Waals surface area (Å²) in [4.78, 5) is 7.42. The summed E-state index contributed by atoms with van der Waals surface area (Å²) in [6.07, 6.45) is 4.02. The number of allylic oxidation sites excluding steroid dienone is 2. The van der Waals surface area contributed by atoms with Gasteiger partial charge in [-0.25, -0.2) is 9.37 Å². The molecule has 3 aromatic carbocycles. The van der Waals surface area contributed by atoms with Gasteiger partial charge in [-0.05, 0) is 66.1 Å². The number of fused-ring (bicyclic) bond motifs is 1. The molecule has 0 atom stereocenters. The van der Waals surface area contributed by atoms with Crippen LogP contribution in [0.15, 0.2) is 67.3 Å². The monoisotopic (exact) mass is 473 g/mol. The molecule has 4 rings (SSSR count). The second kappa shape index (κ2) is 10.2. The van der Waals surface area contributed by atoms with E-state index in [1.807, 2.05) is 30.3 Å². The van der Waals surface area contributed by atoms with E-state index in [2.05, 4.69) is 22.6 Å². The molecule has 0 aliphatic carbocycles.